The van der Waals surface area contributed by atoms with Crippen molar-refractivity contribution >= 4 is 11.9 Å². The van der Waals surface area contributed by atoms with Gasteiger partial charge < -0.3 is 19.5 Å². The number of esters is 1. The van der Waals surface area contributed by atoms with E-state index in [4.69, 9.17) is 14.2 Å². The van der Waals surface area contributed by atoms with Gasteiger partial charge in [-0.25, -0.2) is 0 Å². The van der Waals surface area contributed by atoms with E-state index in [9.17, 15) is 9.59 Å². The molecule has 6 nitrogen and oxygen atoms in total. The van der Waals surface area contributed by atoms with Crippen LogP contribution in [0.25, 0.3) is 0 Å². The molecule has 0 aliphatic rings. The third-order valence-corrected chi connectivity index (χ3v) is 2.52. The molecule has 1 rings (SSSR count). The second-order valence-electron chi connectivity index (χ2n) is 4.06. The van der Waals surface area contributed by atoms with E-state index in [1.165, 1.54) is 0 Å². The summed E-state index contributed by atoms with van der Waals surface area (Å²) in [6.07, 6.45) is 0. The highest BCUT2D eigenvalue weighted by molar-refractivity contribution is 5.95. The lowest BCUT2D eigenvalue weighted by Gasteiger charge is -2.08. The van der Waals surface area contributed by atoms with Gasteiger partial charge in [0.2, 0.25) is 0 Å². The molecule has 116 valence electrons. The van der Waals surface area contributed by atoms with E-state index >= 15 is 0 Å². The molecule has 0 bridgehead atoms. The topological polar surface area (TPSA) is 73.9 Å². The van der Waals surface area contributed by atoms with Crippen LogP contribution in [0.2, 0.25) is 0 Å². The Kier molecular flexibility index (Phi) is 7.89. The molecule has 0 saturated heterocycles. The fourth-order valence-electron chi connectivity index (χ4n) is 1.53. The van der Waals surface area contributed by atoms with Crippen molar-refractivity contribution < 1.29 is 23.8 Å². The first-order valence-corrected chi connectivity index (χ1v) is 6.91. The Morgan fingerprint density at radius 3 is 2.38 bits per heavy atom. The Balaban J connectivity index is 2.38. The summed E-state index contributed by atoms with van der Waals surface area (Å²) in [6, 6.07) is 6.67. The molecule has 0 aliphatic heterocycles. The van der Waals surface area contributed by atoms with Crippen LogP contribution in [-0.2, 0) is 14.3 Å². The Bertz CT molecular complexity index is 444. The SMILES string of the molecule is CCOCCOc1ccc(C(=O)NCC(=O)OCC)cc1. The van der Waals surface area contributed by atoms with Crippen LogP contribution in [0.1, 0.15) is 24.2 Å². The Morgan fingerprint density at radius 2 is 1.76 bits per heavy atom. The Hall–Kier alpha value is -2.08. The third-order valence-electron chi connectivity index (χ3n) is 2.52. The minimum Gasteiger partial charge on any atom is -0.491 e. The van der Waals surface area contributed by atoms with Crippen molar-refractivity contribution in [2.45, 2.75) is 13.8 Å². The van der Waals surface area contributed by atoms with Gasteiger partial charge in [-0.05, 0) is 38.1 Å². The zero-order chi connectivity index (χ0) is 15.5. The average Bonchev–Trinajstić information content (AvgIpc) is 2.50. The molecule has 0 radical (unpaired) electrons. The van der Waals surface area contributed by atoms with Gasteiger partial charge >= 0.3 is 5.97 Å². The van der Waals surface area contributed by atoms with Crippen molar-refractivity contribution in [2.24, 2.45) is 0 Å². The van der Waals surface area contributed by atoms with E-state index in [2.05, 4.69) is 5.32 Å². The molecule has 0 fully saturated rings. The van der Waals surface area contributed by atoms with Crippen molar-refractivity contribution in [1.82, 2.24) is 5.32 Å². The molecule has 0 aromatic heterocycles. The number of benzene rings is 1. The summed E-state index contributed by atoms with van der Waals surface area (Å²) in [6.45, 7) is 5.43. The molecule has 0 saturated carbocycles. The lowest BCUT2D eigenvalue weighted by molar-refractivity contribution is -0.141. The number of amides is 1. The first-order valence-electron chi connectivity index (χ1n) is 6.91. The molecule has 1 aromatic carbocycles. The van der Waals surface area contributed by atoms with Crippen molar-refractivity contribution in [2.75, 3.05) is 33.0 Å². The number of nitrogens with one attached hydrogen (secondary N) is 1. The van der Waals surface area contributed by atoms with Crippen LogP contribution in [0.5, 0.6) is 5.75 Å². The first kappa shape index (κ1) is 17.0. The van der Waals surface area contributed by atoms with Crippen LogP contribution >= 0.6 is 0 Å². The normalized spacial score (nSPS) is 10.0. The third kappa shape index (κ3) is 6.76. The molecule has 0 atom stereocenters. The molecule has 1 amide bonds. The standard InChI is InChI=1S/C15H21NO5/c1-3-19-9-10-21-13-7-5-12(6-8-13)15(18)16-11-14(17)20-4-2/h5-8H,3-4,9-11H2,1-2H3,(H,16,18). The monoisotopic (exact) mass is 295 g/mol. The number of ether oxygens (including phenoxy) is 3. The number of hydrogen-bond acceptors (Lipinski definition) is 5. The van der Waals surface area contributed by atoms with Crippen LogP contribution < -0.4 is 10.1 Å². The number of hydrogen-bond donors (Lipinski definition) is 1. The minimum absolute atomic E-state index is 0.140. The predicted octanol–water partition coefficient (Wildman–Crippen LogP) is 1.39. The Labute approximate surface area is 124 Å². The van der Waals surface area contributed by atoms with Gasteiger partial charge in [0.25, 0.3) is 5.91 Å². The lowest BCUT2D eigenvalue weighted by atomic mass is 10.2. The highest BCUT2D eigenvalue weighted by Gasteiger charge is 2.08. The van der Waals surface area contributed by atoms with Gasteiger partial charge in [0, 0.05) is 12.2 Å². The maximum Gasteiger partial charge on any atom is 0.325 e. The van der Waals surface area contributed by atoms with Crippen LogP contribution in [0, 0.1) is 0 Å². The fourth-order valence-corrected chi connectivity index (χ4v) is 1.53. The molecular formula is C15H21NO5. The van der Waals surface area contributed by atoms with Crippen LogP contribution in [0.15, 0.2) is 24.3 Å². The van der Waals surface area contributed by atoms with Gasteiger partial charge in [-0.3, -0.25) is 9.59 Å². The second kappa shape index (κ2) is 9.77. The molecule has 0 heterocycles. The van der Waals surface area contributed by atoms with Gasteiger partial charge in [-0.15, -0.1) is 0 Å². The van der Waals surface area contributed by atoms with Crippen LogP contribution in [0.3, 0.4) is 0 Å². The lowest BCUT2D eigenvalue weighted by Crippen LogP contribution is -2.30. The molecular weight excluding hydrogens is 274 g/mol. The van der Waals surface area contributed by atoms with Gasteiger partial charge in [0.1, 0.15) is 18.9 Å². The van der Waals surface area contributed by atoms with E-state index in [-0.39, 0.29) is 12.5 Å². The molecule has 21 heavy (non-hydrogen) atoms. The summed E-state index contributed by atoms with van der Waals surface area (Å²) in [4.78, 5) is 22.9. The van der Waals surface area contributed by atoms with Gasteiger partial charge in [-0.2, -0.15) is 0 Å². The van der Waals surface area contributed by atoms with Crippen LogP contribution in [0.4, 0.5) is 0 Å². The first-order chi connectivity index (χ1) is 10.2. The van der Waals surface area contributed by atoms with Gasteiger partial charge in [0.15, 0.2) is 0 Å². The smallest absolute Gasteiger partial charge is 0.325 e. The number of carbonyl (C=O) groups excluding carboxylic acids is 2. The van der Waals surface area contributed by atoms with Crippen molar-refractivity contribution in [3.05, 3.63) is 29.8 Å². The van der Waals surface area contributed by atoms with E-state index in [0.29, 0.717) is 37.7 Å². The molecule has 1 aromatic rings. The van der Waals surface area contributed by atoms with Crippen molar-refractivity contribution in [3.63, 3.8) is 0 Å². The quantitative estimate of drug-likeness (QED) is 0.550. The molecule has 0 aliphatic carbocycles. The summed E-state index contributed by atoms with van der Waals surface area (Å²) in [7, 11) is 0. The average molecular weight is 295 g/mol. The zero-order valence-electron chi connectivity index (χ0n) is 12.4. The molecule has 0 unspecified atom stereocenters. The highest BCUT2D eigenvalue weighted by Crippen LogP contribution is 2.12. The summed E-state index contributed by atoms with van der Waals surface area (Å²) in [5.74, 6) is -0.123. The van der Waals surface area contributed by atoms with Crippen LogP contribution in [-0.4, -0.2) is 44.8 Å². The highest BCUT2D eigenvalue weighted by atomic mass is 16.5. The zero-order valence-corrected chi connectivity index (χ0v) is 12.4. The summed E-state index contributed by atoms with van der Waals surface area (Å²) in [5, 5.41) is 2.49. The summed E-state index contributed by atoms with van der Waals surface area (Å²) >= 11 is 0. The number of rotatable bonds is 9. The second-order valence-corrected chi connectivity index (χ2v) is 4.06. The maximum atomic E-state index is 11.8. The largest absolute Gasteiger partial charge is 0.491 e. The van der Waals surface area contributed by atoms with Crippen molar-refractivity contribution in [1.29, 1.82) is 0 Å². The molecule has 6 heteroatoms. The predicted molar refractivity (Wildman–Crippen MR) is 77.4 cm³/mol. The summed E-state index contributed by atoms with van der Waals surface area (Å²) < 4.78 is 15.3. The molecule has 1 N–H and O–H groups in total. The van der Waals surface area contributed by atoms with E-state index in [0.717, 1.165) is 0 Å². The van der Waals surface area contributed by atoms with E-state index in [1.54, 1.807) is 31.2 Å². The Morgan fingerprint density at radius 1 is 1.05 bits per heavy atom. The fraction of sp³-hybridized carbons (Fsp3) is 0.467. The van der Waals surface area contributed by atoms with Crippen molar-refractivity contribution in [3.8, 4) is 5.75 Å². The van der Waals surface area contributed by atoms with E-state index < -0.39 is 5.97 Å². The van der Waals surface area contributed by atoms with E-state index in [1.807, 2.05) is 6.92 Å². The van der Waals surface area contributed by atoms with Gasteiger partial charge in [-0.1, -0.05) is 0 Å². The summed E-state index contributed by atoms with van der Waals surface area (Å²) in [5.41, 5.74) is 0.455. The minimum atomic E-state index is -0.457. The number of carbonyl (C=O) groups is 2. The molecule has 0 spiro atoms. The maximum absolute atomic E-state index is 11.8. The van der Waals surface area contributed by atoms with Gasteiger partial charge in [0.05, 0.1) is 13.2 Å².